The van der Waals surface area contributed by atoms with E-state index in [4.69, 9.17) is 14.6 Å². The maximum absolute atomic E-state index is 13.7. The number of carboxylic acid groups (broad SMARTS) is 1. The number of amides is 2. The van der Waals surface area contributed by atoms with Crippen LogP contribution in [0.3, 0.4) is 0 Å². The number of hydrogen-bond donors (Lipinski definition) is 2. The summed E-state index contributed by atoms with van der Waals surface area (Å²) >= 11 is 0. The smallest absolute Gasteiger partial charge is 0.419 e. The van der Waals surface area contributed by atoms with Crippen molar-refractivity contribution in [2.45, 2.75) is 18.7 Å². The standard InChI is InChI=1S/C22H21F3N2O5/c23-22(24,25)18-11-15(9-16-10-17(32-19(16)18)12-26-21(29)30)13-1-3-14(4-2-13)20(28)27-5-7-31-8-6-27/h1-4,9,11,17,26H,5-8,10,12H2,(H,29,30). The minimum absolute atomic E-state index is 0.116. The predicted octanol–water partition coefficient (Wildman–Crippen LogP) is 3.42. The summed E-state index contributed by atoms with van der Waals surface area (Å²) in [5.74, 6) is -0.412. The van der Waals surface area contributed by atoms with Crippen molar-refractivity contribution in [3.05, 3.63) is 53.1 Å². The molecule has 0 spiro atoms. The third-order valence-electron chi connectivity index (χ3n) is 5.45. The lowest BCUT2D eigenvalue weighted by Gasteiger charge is -2.26. The molecule has 2 aliphatic rings. The molecule has 10 heteroatoms. The largest absolute Gasteiger partial charge is 0.487 e. The number of carbonyl (C=O) groups is 2. The van der Waals surface area contributed by atoms with E-state index in [-0.39, 0.29) is 24.6 Å². The van der Waals surface area contributed by atoms with Crippen molar-refractivity contribution in [2.75, 3.05) is 32.8 Å². The average Bonchev–Trinajstić information content (AvgIpc) is 3.19. The number of carbonyl (C=O) groups excluding carboxylic acids is 1. The van der Waals surface area contributed by atoms with Gasteiger partial charge in [-0.25, -0.2) is 4.79 Å². The Labute approximate surface area is 181 Å². The third-order valence-corrected chi connectivity index (χ3v) is 5.45. The van der Waals surface area contributed by atoms with E-state index in [1.807, 2.05) is 0 Å². The number of halogens is 3. The highest BCUT2D eigenvalue weighted by molar-refractivity contribution is 5.94. The minimum atomic E-state index is -4.64. The molecule has 2 aliphatic heterocycles. The van der Waals surface area contributed by atoms with E-state index in [1.54, 1.807) is 35.2 Å². The second-order valence-electron chi connectivity index (χ2n) is 7.62. The van der Waals surface area contributed by atoms with Crippen molar-refractivity contribution in [2.24, 2.45) is 0 Å². The fraction of sp³-hybridized carbons (Fsp3) is 0.364. The number of morpholine rings is 1. The first-order chi connectivity index (χ1) is 15.2. The number of nitrogens with zero attached hydrogens (tertiary/aromatic N) is 1. The molecule has 170 valence electrons. The van der Waals surface area contributed by atoms with Crippen LogP contribution in [0.25, 0.3) is 11.1 Å². The first-order valence-electron chi connectivity index (χ1n) is 10.1. The molecule has 0 saturated carbocycles. The molecule has 1 fully saturated rings. The molecule has 2 N–H and O–H groups in total. The molecule has 2 aromatic carbocycles. The Hall–Kier alpha value is -3.27. The molecule has 2 amide bonds. The zero-order valence-corrected chi connectivity index (χ0v) is 16.9. The second kappa shape index (κ2) is 8.70. The van der Waals surface area contributed by atoms with Crippen LogP contribution in [-0.2, 0) is 17.3 Å². The van der Waals surface area contributed by atoms with Gasteiger partial charge in [0.25, 0.3) is 5.91 Å². The van der Waals surface area contributed by atoms with Gasteiger partial charge in [0.2, 0.25) is 0 Å². The first kappa shape index (κ1) is 21.9. The Balaban J connectivity index is 1.60. The zero-order valence-electron chi connectivity index (χ0n) is 16.9. The van der Waals surface area contributed by atoms with E-state index >= 15 is 0 Å². The maximum atomic E-state index is 13.7. The minimum Gasteiger partial charge on any atom is -0.487 e. The zero-order chi connectivity index (χ0) is 22.9. The van der Waals surface area contributed by atoms with Crippen molar-refractivity contribution in [1.82, 2.24) is 10.2 Å². The predicted molar refractivity (Wildman–Crippen MR) is 108 cm³/mol. The van der Waals surface area contributed by atoms with Crippen LogP contribution in [0.15, 0.2) is 36.4 Å². The summed E-state index contributed by atoms with van der Waals surface area (Å²) in [7, 11) is 0. The van der Waals surface area contributed by atoms with Gasteiger partial charge in [-0.2, -0.15) is 13.2 Å². The SMILES string of the molecule is O=C(O)NCC1Cc2cc(-c3ccc(C(=O)N4CCOCC4)cc3)cc(C(F)(F)F)c2O1. The van der Waals surface area contributed by atoms with Crippen LogP contribution in [-0.4, -0.2) is 61.0 Å². The molecule has 1 unspecified atom stereocenters. The number of alkyl halides is 3. The number of rotatable bonds is 4. The van der Waals surface area contributed by atoms with Gasteiger partial charge in [-0.05, 0) is 41.0 Å². The summed E-state index contributed by atoms with van der Waals surface area (Å²) in [6.07, 6.45) is -6.47. The molecule has 2 heterocycles. The molecule has 7 nitrogen and oxygen atoms in total. The average molecular weight is 450 g/mol. The van der Waals surface area contributed by atoms with Crippen LogP contribution in [0.5, 0.6) is 5.75 Å². The van der Waals surface area contributed by atoms with Crippen LogP contribution in [0, 0.1) is 0 Å². The molecule has 1 saturated heterocycles. The molecular formula is C22H21F3N2O5. The van der Waals surface area contributed by atoms with Crippen molar-refractivity contribution in [1.29, 1.82) is 0 Å². The van der Waals surface area contributed by atoms with Crippen molar-refractivity contribution in [3.8, 4) is 16.9 Å². The van der Waals surface area contributed by atoms with Crippen molar-refractivity contribution >= 4 is 12.0 Å². The van der Waals surface area contributed by atoms with Gasteiger partial charge in [-0.1, -0.05) is 12.1 Å². The van der Waals surface area contributed by atoms with Crippen LogP contribution < -0.4 is 10.1 Å². The summed E-state index contributed by atoms with van der Waals surface area (Å²) in [6.45, 7) is 1.83. The quantitative estimate of drug-likeness (QED) is 0.746. The van der Waals surface area contributed by atoms with Gasteiger partial charge in [0, 0.05) is 25.1 Å². The maximum Gasteiger partial charge on any atom is 0.419 e. The van der Waals surface area contributed by atoms with Gasteiger partial charge in [0.15, 0.2) is 0 Å². The first-order valence-corrected chi connectivity index (χ1v) is 10.1. The number of benzene rings is 2. The normalized spacial score (nSPS) is 18.1. The number of hydrogen-bond acceptors (Lipinski definition) is 4. The fourth-order valence-electron chi connectivity index (χ4n) is 3.88. The number of nitrogens with one attached hydrogen (secondary N) is 1. The molecule has 0 aromatic heterocycles. The highest BCUT2D eigenvalue weighted by Gasteiger charge is 2.39. The third kappa shape index (κ3) is 4.64. The lowest BCUT2D eigenvalue weighted by Crippen LogP contribution is -2.40. The Morgan fingerprint density at radius 3 is 2.41 bits per heavy atom. The summed E-state index contributed by atoms with van der Waals surface area (Å²) in [6, 6.07) is 9.08. The van der Waals surface area contributed by atoms with Gasteiger partial charge in [-0.3, -0.25) is 4.79 Å². The van der Waals surface area contributed by atoms with E-state index in [1.165, 1.54) is 0 Å². The van der Waals surface area contributed by atoms with Crippen LogP contribution >= 0.6 is 0 Å². The van der Waals surface area contributed by atoms with Crippen LogP contribution in [0.2, 0.25) is 0 Å². The lowest BCUT2D eigenvalue weighted by atomic mass is 9.96. The van der Waals surface area contributed by atoms with Gasteiger partial charge in [0.1, 0.15) is 11.9 Å². The molecule has 0 aliphatic carbocycles. The Morgan fingerprint density at radius 1 is 1.09 bits per heavy atom. The Kier molecular flexibility index (Phi) is 5.96. The summed E-state index contributed by atoms with van der Waals surface area (Å²) in [5.41, 5.74) is 0.786. The lowest BCUT2D eigenvalue weighted by molar-refractivity contribution is -0.138. The van der Waals surface area contributed by atoms with E-state index in [0.717, 1.165) is 6.07 Å². The number of ether oxygens (including phenoxy) is 2. The van der Waals surface area contributed by atoms with Gasteiger partial charge in [0.05, 0.1) is 25.3 Å². The van der Waals surface area contributed by atoms with Crippen molar-refractivity contribution in [3.63, 3.8) is 0 Å². The summed E-state index contributed by atoms with van der Waals surface area (Å²) in [5, 5.41) is 10.9. The second-order valence-corrected chi connectivity index (χ2v) is 7.62. The van der Waals surface area contributed by atoms with Gasteiger partial charge < -0.3 is 24.8 Å². The Bertz CT molecular complexity index is 1020. The molecule has 32 heavy (non-hydrogen) atoms. The van der Waals surface area contributed by atoms with E-state index in [0.29, 0.717) is 48.6 Å². The molecular weight excluding hydrogens is 429 g/mol. The molecule has 0 bridgehead atoms. The highest BCUT2D eigenvalue weighted by atomic mass is 19.4. The summed E-state index contributed by atoms with van der Waals surface area (Å²) in [4.78, 5) is 25.0. The number of fused-ring (bicyclic) bond motifs is 1. The van der Waals surface area contributed by atoms with Gasteiger partial charge >= 0.3 is 12.3 Å². The van der Waals surface area contributed by atoms with Crippen LogP contribution in [0.1, 0.15) is 21.5 Å². The topological polar surface area (TPSA) is 88.1 Å². The monoisotopic (exact) mass is 450 g/mol. The fourth-order valence-corrected chi connectivity index (χ4v) is 3.88. The van der Waals surface area contributed by atoms with E-state index < -0.39 is 23.9 Å². The van der Waals surface area contributed by atoms with Crippen LogP contribution in [0.4, 0.5) is 18.0 Å². The summed E-state index contributed by atoms with van der Waals surface area (Å²) < 4.78 is 51.8. The highest BCUT2D eigenvalue weighted by Crippen LogP contribution is 2.44. The Morgan fingerprint density at radius 2 is 1.78 bits per heavy atom. The van der Waals surface area contributed by atoms with Gasteiger partial charge in [-0.15, -0.1) is 0 Å². The van der Waals surface area contributed by atoms with E-state index in [2.05, 4.69) is 5.32 Å². The van der Waals surface area contributed by atoms with Crippen molar-refractivity contribution < 1.29 is 37.3 Å². The molecule has 1 atom stereocenters. The molecule has 2 aromatic rings. The van der Waals surface area contributed by atoms with E-state index in [9.17, 15) is 22.8 Å². The molecule has 4 rings (SSSR count). The molecule has 0 radical (unpaired) electrons.